The maximum absolute atomic E-state index is 9.44. The van der Waals surface area contributed by atoms with Gasteiger partial charge in [-0.15, -0.1) is 0 Å². The van der Waals surface area contributed by atoms with Crippen molar-refractivity contribution in [2.75, 3.05) is 0 Å². The minimum absolute atomic E-state index is 0. The van der Waals surface area contributed by atoms with Gasteiger partial charge in [0.1, 0.15) is 5.24 Å². The molecule has 0 heterocycles. The zero-order valence-corrected chi connectivity index (χ0v) is 7.65. The summed E-state index contributed by atoms with van der Waals surface area (Å²) in [5, 5.41) is -0.548. The normalized spacial score (nSPS) is 5.50. The summed E-state index contributed by atoms with van der Waals surface area (Å²) in [5.74, 6) is 0. The fourth-order valence-corrected chi connectivity index (χ4v) is 0. The average molecular weight is 174 g/mol. The van der Waals surface area contributed by atoms with E-state index in [-0.39, 0.29) is 19.5 Å². The van der Waals surface area contributed by atoms with Gasteiger partial charge >= 0.3 is 0 Å². The molecule has 0 aliphatic carbocycles. The van der Waals surface area contributed by atoms with Crippen molar-refractivity contribution in [3.63, 3.8) is 0 Å². The van der Waals surface area contributed by atoms with Crippen LogP contribution in [-0.4, -0.2) is 5.24 Å². The smallest absolute Gasteiger partial charge is 0.108 e. The van der Waals surface area contributed by atoms with Gasteiger partial charge < -0.3 is 22.1 Å². The Morgan fingerprint density at radius 2 is 2.00 bits per heavy atom. The molecule has 0 saturated carbocycles. The molecule has 0 spiro atoms. The molecule has 1 N–H and O–H groups in total. The molecule has 0 radical (unpaired) electrons. The molecular weight excluding hydrogens is 172 g/mol. The number of carbonyl (C=O) groups excluding carboxylic acids is 1. The van der Waals surface area contributed by atoms with Crippen LogP contribution in [0.2, 0.25) is 0 Å². The molecule has 0 aromatic rings. The number of amides is 1. The van der Waals surface area contributed by atoms with E-state index in [9.17, 15) is 4.79 Å². The summed E-state index contributed by atoms with van der Waals surface area (Å²) in [5.41, 5.74) is 0. The molecule has 0 unspecified atom stereocenters. The van der Waals surface area contributed by atoms with Gasteiger partial charge in [-0.25, -0.2) is 0 Å². The minimum atomic E-state index is -0.548. The number of thiol groups is 1. The Morgan fingerprint density at radius 1 is 1.83 bits per heavy atom. The monoisotopic (exact) mass is 172 g/mol. The Balaban J connectivity index is 0. The Bertz CT molecular complexity index is 48.8. The number of carbonyl (C=O) groups is 1. The average Bonchev–Trinajstić information content (AvgIpc) is 1.38. The first-order valence-electron chi connectivity index (χ1n) is 0.882. The third kappa shape index (κ3) is 8.82. The summed E-state index contributed by atoms with van der Waals surface area (Å²) < 4.78 is 1.90. The molecule has 0 aromatic heterocycles. The third-order valence-electron chi connectivity index (χ3n) is 0.0913. The molecule has 0 aliphatic rings. The SMILES string of the molecule is O=C([S-])NS.[Zn]. The van der Waals surface area contributed by atoms with Gasteiger partial charge in [0.05, 0.1) is 0 Å². The molecule has 0 rings (SSSR count). The molecule has 0 bridgehead atoms. The van der Waals surface area contributed by atoms with Crippen molar-refractivity contribution in [2.45, 2.75) is 0 Å². The van der Waals surface area contributed by atoms with E-state index < -0.39 is 5.24 Å². The van der Waals surface area contributed by atoms with Gasteiger partial charge in [0.15, 0.2) is 0 Å². The fourth-order valence-electron chi connectivity index (χ4n) is 0. The van der Waals surface area contributed by atoms with Crippen molar-refractivity contribution in [2.24, 2.45) is 0 Å². The summed E-state index contributed by atoms with van der Waals surface area (Å²) in [4.78, 5) is 9.44. The Labute approximate surface area is 59.8 Å². The molecule has 32 valence electrons. The van der Waals surface area contributed by atoms with Crippen molar-refractivity contribution in [1.82, 2.24) is 4.72 Å². The van der Waals surface area contributed by atoms with E-state index >= 15 is 0 Å². The second-order valence-electron chi connectivity index (χ2n) is 0.399. The predicted octanol–water partition coefficient (Wildman–Crippen LogP) is 0.0852. The summed E-state index contributed by atoms with van der Waals surface area (Å²) in [6.07, 6.45) is 0. The standard InChI is InChI=1S/CH3NOS2.Zn/c3-1(4)2-5;/h5H,(H2,2,3,4);/p-1. The summed E-state index contributed by atoms with van der Waals surface area (Å²) in [6, 6.07) is 0. The fraction of sp³-hybridized carbons (Fsp3) is 0. The van der Waals surface area contributed by atoms with Crippen LogP contribution in [0.3, 0.4) is 0 Å². The predicted molar refractivity (Wildman–Crippen MR) is 24.9 cm³/mol. The van der Waals surface area contributed by atoms with Crippen LogP contribution < -0.4 is 4.72 Å². The van der Waals surface area contributed by atoms with Crippen molar-refractivity contribution >= 4 is 30.7 Å². The van der Waals surface area contributed by atoms with Gasteiger partial charge in [-0.1, -0.05) is 12.8 Å². The summed E-state index contributed by atoms with van der Waals surface area (Å²) >= 11 is 7.27. The number of hydrogen-bond donors (Lipinski definition) is 2. The maximum atomic E-state index is 9.44. The Morgan fingerprint density at radius 3 is 2.00 bits per heavy atom. The number of hydrogen-bond acceptors (Lipinski definition) is 3. The van der Waals surface area contributed by atoms with E-state index in [1.807, 2.05) is 4.72 Å². The molecule has 0 atom stereocenters. The van der Waals surface area contributed by atoms with Crippen LogP contribution in [0.5, 0.6) is 0 Å². The van der Waals surface area contributed by atoms with E-state index in [1.54, 1.807) is 0 Å². The molecule has 6 heavy (non-hydrogen) atoms. The van der Waals surface area contributed by atoms with Gasteiger partial charge in [0, 0.05) is 19.5 Å². The van der Waals surface area contributed by atoms with Crippen LogP contribution in [0.15, 0.2) is 0 Å². The zero-order chi connectivity index (χ0) is 4.28. The minimum Gasteiger partial charge on any atom is -0.718 e. The van der Waals surface area contributed by atoms with E-state index in [2.05, 4.69) is 25.4 Å². The molecule has 2 nitrogen and oxygen atoms in total. The van der Waals surface area contributed by atoms with Crippen molar-refractivity contribution < 1.29 is 24.3 Å². The van der Waals surface area contributed by atoms with Gasteiger partial charge in [-0.05, 0) is 0 Å². The van der Waals surface area contributed by atoms with Crippen LogP contribution in [0.25, 0.3) is 0 Å². The second kappa shape index (κ2) is 5.66. The molecule has 5 heteroatoms. The first-order valence-corrected chi connectivity index (χ1v) is 1.74. The molecule has 0 aliphatic heterocycles. The second-order valence-corrected chi connectivity index (χ2v) is 0.994. The van der Waals surface area contributed by atoms with Gasteiger partial charge in [0.2, 0.25) is 0 Å². The largest absolute Gasteiger partial charge is 0.718 e. The Hall–Kier alpha value is 0.663. The molecule has 0 aromatic carbocycles. The first kappa shape index (κ1) is 9.83. The maximum Gasteiger partial charge on any atom is 0.108 e. The van der Waals surface area contributed by atoms with Crippen LogP contribution in [0.4, 0.5) is 4.79 Å². The van der Waals surface area contributed by atoms with Crippen LogP contribution in [0, 0.1) is 0 Å². The molecule has 0 fully saturated rings. The Kier molecular flexibility index (Phi) is 9.28. The van der Waals surface area contributed by atoms with Crippen LogP contribution in [-0.2, 0) is 32.1 Å². The molecule has 1 amide bonds. The third-order valence-corrected chi connectivity index (χ3v) is 0.548. The quantitative estimate of drug-likeness (QED) is 0.309. The van der Waals surface area contributed by atoms with Crippen LogP contribution in [0.1, 0.15) is 0 Å². The molecule has 0 saturated heterocycles. The number of nitrogens with one attached hydrogen (secondary N) is 1. The zero-order valence-electron chi connectivity index (χ0n) is 2.97. The van der Waals surface area contributed by atoms with E-state index in [1.165, 1.54) is 0 Å². The summed E-state index contributed by atoms with van der Waals surface area (Å²) in [6.45, 7) is 0. The van der Waals surface area contributed by atoms with E-state index in [4.69, 9.17) is 0 Å². The van der Waals surface area contributed by atoms with E-state index in [0.29, 0.717) is 0 Å². The first-order chi connectivity index (χ1) is 2.27. The van der Waals surface area contributed by atoms with Crippen molar-refractivity contribution in [3.8, 4) is 0 Å². The van der Waals surface area contributed by atoms with Gasteiger partial charge in [-0.2, -0.15) is 0 Å². The van der Waals surface area contributed by atoms with E-state index in [0.717, 1.165) is 0 Å². The van der Waals surface area contributed by atoms with Gasteiger partial charge in [-0.3, -0.25) is 0 Å². The molecular formula is CH2NOS2Zn-. The van der Waals surface area contributed by atoms with Crippen molar-refractivity contribution in [1.29, 1.82) is 0 Å². The summed E-state index contributed by atoms with van der Waals surface area (Å²) in [7, 11) is 0. The van der Waals surface area contributed by atoms with Crippen LogP contribution >= 0.6 is 12.8 Å². The van der Waals surface area contributed by atoms with Gasteiger partial charge in [0.25, 0.3) is 0 Å². The number of rotatable bonds is 0. The van der Waals surface area contributed by atoms with Crippen molar-refractivity contribution in [3.05, 3.63) is 0 Å². The topological polar surface area (TPSA) is 29.1 Å².